The lowest BCUT2D eigenvalue weighted by molar-refractivity contribution is -0.390. The number of hydrogen-bond donors (Lipinski definition) is 4. The lowest BCUT2D eigenvalue weighted by Crippen LogP contribution is -2.68. The first-order valence-corrected chi connectivity index (χ1v) is 24.3. The highest BCUT2D eigenvalue weighted by molar-refractivity contribution is 5.17. The maximum atomic E-state index is 11.1. The Labute approximate surface area is 415 Å². The number of aliphatic hydroxyl groups is 3. The first-order chi connectivity index (χ1) is 34.8. The highest BCUT2D eigenvalue weighted by Gasteiger charge is 2.56. The summed E-state index contributed by atoms with van der Waals surface area (Å²) >= 11 is 0. The van der Waals surface area contributed by atoms with Gasteiger partial charge in [0, 0.05) is 0 Å². The van der Waals surface area contributed by atoms with Crippen LogP contribution in [0.25, 0.3) is 0 Å². The van der Waals surface area contributed by atoms with Crippen LogP contribution in [-0.4, -0.2) is 127 Å². The Morgan fingerprint density at radius 2 is 0.915 bits per heavy atom. The molecule has 5 aromatic rings. The van der Waals surface area contributed by atoms with Gasteiger partial charge >= 0.3 is 0 Å². The smallest absolute Gasteiger partial charge is 0.187 e. The highest BCUT2D eigenvalue weighted by Crippen LogP contribution is 2.38. The molecular formula is C56H67NO14. The van der Waals surface area contributed by atoms with Gasteiger partial charge < -0.3 is 73.2 Å². The Bertz CT molecular complexity index is 2270. The Kier molecular flexibility index (Phi) is 19.8. The first kappa shape index (κ1) is 52.6. The van der Waals surface area contributed by atoms with E-state index in [1.165, 1.54) is 0 Å². The summed E-state index contributed by atoms with van der Waals surface area (Å²) in [7, 11) is 0. The van der Waals surface area contributed by atoms with E-state index in [9.17, 15) is 15.3 Å². The number of ether oxygens (including phenoxy) is 11. The van der Waals surface area contributed by atoms with Gasteiger partial charge in [-0.05, 0) is 34.7 Å². The van der Waals surface area contributed by atoms with E-state index in [0.29, 0.717) is 6.61 Å². The molecule has 8 rings (SSSR count). The standard InChI is InChI=1S/C56H67NO14/c1-3-29-62-55-53(71-54-45(57)47(60)46(59)43(30-58)68-54)51(48(37(2)67-55)63-32-39-21-11-5-12-22-39)70-56-52(66-35-42-27-17-8-18-28-42)50(65-34-41-25-15-7-16-26-41)49(64-33-40-23-13-6-14-24-40)44(69-56)36-61-31-38-19-9-4-10-20-38/h3-28,37,43-56,58-60H,1,29-36,57H2,2H3/t37-,43+,44+,45+,46+,47+,48-,49+,50-,51+,52+,53+,54-,55+,56+/m0/s1. The van der Waals surface area contributed by atoms with Crippen molar-refractivity contribution in [2.75, 3.05) is 19.8 Å². The summed E-state index contributed by atoms with van der Waals surface area (Å²) in [5.74, 6) is 0. The highest BCUT2D eigenvalue weighted by atomic mass is 16.8. The molecule has 380 valence electrons. The molecule has 3 aliphatic rings. The normalized spacial score (nSPS) is 31.0. The summed E-state index contributed by atoms with van der Waals surface area (Å²) in [5.41, 5.74) is 11.2. The average Bonchev–Trinajstić information content (AvgIpc) is 3.41. The molecule has 0 saturated carbocycles. The van der Waals surface area contributed by atoms with Gasteiger partial charge in [0.1, 0.15) is 61.0 Å². The van der Waals surface area contributed by atoms with Crippen LogP contribution >= 0.6 is 0 Å². The van der Waals surface area contributed by atoms with Gasteiger partial charge in [-0.25, -0.2) is 0 Å². The quantitative estimate of drug-likeness (QED) is 0.0547. The van der Waals surface area contributed by atoms with E-state index >= 15 is 0 Å². The van der Waals surface area contributed by atoms with Crippen molar-refractivity contribution in [1.29, 1.82) is 0 Å². The number of hydrogen-bond acceptors (Lipinski definition) is 15. The minimum Gasteiger partial charge on any atom is -0.394 e. The zero-order valence-corrected chi connectivity index (χ0v) is 39.9. The van der Waals surface area contributed by atoms with E-state index in [2.05, 4.69) is 6.58 Å². The van der Waals surface area contributed by atoms with Crippen LogP contribution in [0.3, 0.4) is 0 Å². The lowest BCUT2D eigenvalue weighted by atomic mass is 9.95. The molecular weight excluding hydrogens is 911 g/mol. The Hall–Kier alpha value is -4.76. The Morgan fingerprint density at radius 1 is 0.479 bits per heavy atom. The molecule has 0 unspecified atom stereocenters. The number of rotatable bonds is 24. The van der Waals surface area contributed by atoms with Crippen LogP contribution in [0.4, 0.5) is 0 Å². The first-order valence-electron chi connectivity index (χ1n) is 24.3. The summed E-state index contributed by atoms with van der Waals surface area (Å²) in [6.07, 6.45) is -13.7. The van der Waals surface area contributed by atoms with E-state index in [1.807, 2.05) is 159 Å². The third kappa shape index (κ3) is 14.3. The van der Waals surface area contributed by atoms with Crippen molar-refractivity contribution in [3.8, 4) is 0 Å². The number of aliphatic hydroxyl groups excluding tert-OH is 3. The van der Waals surface area contributed by atoms with Crippen LogP contribution in [0, 0.1) is 0 Å². The van der Waals surface area contributed by atoms with Crippen LogP contribution in [0.15, 0.2) is 164 Å². The average molecular weight is 978 g/mol. The molecule has 0 bridgehead atoms. The monoisotopic (exact) mass is 977 g/mol. The molecule has 3 fully saturated rings. The van der Waals surface area contributed by atoms with Gasteiger partial charge in [-0.1, -0.05) is 158 Å². The van der Waals surface area contributed by atoms with E-state index in [1.54, 1.807) is 6.08 Å². The third-order valence-corrected chi connectivity index (χ3v) is 12.7. The van der Waals surface area contributed by atoms with Gasteiger partial charge in [0.15, 0.2) is 18.9 Å². The maximum Gasteiger partial charge on any atom is 0.187 e. The molecule has 3 heterocycles. The van der Waals surface area contributed by atoms with Crippen molar-refractivity contribution in [2.24, 2.45) is 5.73 Å². The van der Waals surface area contributed by atoms with E-state index in [-0.39, 0.29) is 39.6 Å². The number of benzene rings is 5. The van der Waals surface area contributed by atoms with E-state index in [0.717, 1.165) is 27.8 Å². The topological polar surface area (TPSA) is 188 Å². The SMILES string of the molecule is C=CCO[C@@H]1O[C@@H](C)[C@H](OCc2ccccc2)[C@@H](O[C@H]2O[C@H](COCc3ccccc3)[C@@H](OCc3ccccc3)[C@H](OCc3ccccc3)[C@H]2OCc2ccccc2)[C@H]1O[C@@H]1O[C@H](CO)[C@@H](O)[C@H](O)[C@H]1N. The largest absolute Gasteiger partial charge is 0.394 e. The van der Waals surface area contributed by atoms with Crippen LogP contribution in [0.1, 0.15) is 34.7 Å². The predicted octanol–water partition coefficient (Wildman–Crippen LogP) is 5.75. The van der Waals surface area contributed by atoms with Crippen molar-refractivity contribution >= 4 is 0 Å². The van der Waals surface area contributed by atoms with Gasteiger partial charge in [0.05, 0.1) is 65.0 Å². The predicted molar refractivity (Wildman–Crippen MR) is 261 cm³/mol. The molecule has 15 atom stereocenters. The van der Waals surface area contributed by atoms with Gasteiger partial charge in [0.25, 0.3) is 0 Å². The molecule has 0 aromatic heterocycles. The van der Waals surface area contributed by atoms with Crippen LogP contribution in [0.2, 0.25) is 0 Å². The van der Waals surface area contributed by atoms with Crippen molar-refractivity contribution in [3.63, 3.8) is 0 Å². The second-order valence-electron chi connectivity index (χ2n) is 17.9. The Balaban J connectivity index is 1.21. The van der Waals surface area contributed by atoms with Crippen LogP contribution < -0.4 is 5.73 Å². The zero-order valence-electron chi connectivity index (χ0n) is 39.9. The minimum absolute atomic E-state index is 0.0527. The van der Waals surface area contributed by atoms with Crippen molar-refractivity contribution in [3.05, 3.63) is 192 Å². The van der Waals surface area contributed by atoms with Crippen LogP contribution in [-0.2, 0) is 85.1 Å². The number of nitrogens with two attached hydrogens (primary N) is 1. The van der Waals surface area contributed by atoms with Crippen molar-refractivity contribution < 1.29 is 67.4 Å². The molecule has 71 heavy (non-hydrogen) atoms. The molecule has 0 radical (unpaired) electrons. The maximum absolute atomic E-state index is 11.1. The van der Waals surface area contributed by atoms with Gasteiger partial charge in [-0.2, -0.15) is 0 Å². The second kappa shape index (κ2) is 26.8. The van der Waals surface area contributed by atoms with E-state index in [4.69, 9.17) is 57.8 Å². The second-order valence-corrected chi connectivity index (χ2v) is 17.9. The molecule has 5 aromatic carbocycles. The van der Waals surface area contributed by atoms with Crippen LogP contribution in [0.5, 0.6) is 0 Å². The summed E-state index contributed by atoms with van der Waals surface area (Å²) < 4.78 is 74.3. The Morgan fingerprint density at radius 3 is 1.41 bits per heavy atom. The molecule has 0 spiro atoms. The summed E-state index contributed by atoms with van der Waals surface area (Å²) in [5, 5.41) is 32.1. The summed E-state index contributed by atoms with van der Waals surface area (Å²) in [6, 6.07) is 47.8. The summed E-state index contributed by atoms with van der Waals surface area (Å²) in [4.78, 5) is 0. The van der Waals surface area contributed by atoms with Crippen molar-refractivity contribution in [1.82, 2.24) is 0 Å². The molecule has 0 aliphatic carbocycles. The van der Waals surface area contributed by atoms with Gasteiger partial charge in [-0.3, -0.25) is 0 Å². The zero-order chi connectivity index (χ0) is 49.4. The summed E-state index contributed by atoms with van der Waals surface area (Å²) in [6.45, 7) is 6.24. The molecule has 15 nitrogen and oxygen atoms in total. The lowest BCUT2D eigenvalue weighted by Gasteiger charge is -2.51. The molecule has 15 heteroatoms. The molecule has 3 saturated heterocycles. The fraction of sp³-hybridized carbons (Fsp3) is 0.429. The van der Waals surface area contributed by atoms with E-state index < -0.39 is 98.7 Å². The third-order valence-electron chi connectivity index (χ3n) is 12.7. The molecule has 5 N–H and O–H groups in total. The van der Waals surface area contributed by atoms with Crippen molar-refractivity contribution in [2.45, 2.75) is 132 Å². The molecule has 0 amide bonds. The van der Waals surface area contributed by atoms with Gasteiger partial charge in [-0.15, -0.1) is 6.58 Å². The fourth-order valence-electron chi connectivity index (χ4n) is 8.96. The minimum atomic E-state index is -1.52. The fourth-order valence-corrected chi connectivity index (χ4v) is 8.96. The van der Waals surface area contributed by atoms with Gasteiger partial charge in [0.2, 0.25) is 0 Å². The molecule has 3 aliphatic heterocycles.